The molecule has 0 bridgehead atoms. The topological polar surface area (TPSA) is 85.2 Å². The Hall–Kier alpha value is -1.27. The molecule has 0 amide bonds. The molecule has 0 aromatic heterocycles. The molecule has 2 N–H and O–H groups in total. The predicted octanol–water partition coefficient (Wildman–Crippen LogP) is 5.76. The van der Waals surface area contributed by atoms with Crippen LogP contribution in [0, 0.1) is 0 Å². The first-order valence-electron chi connectivity index (χ1n) is 10.7. The van der Waals surface area contributed by atoms with Crippen LogP contribution in [0.25, 0.3) is 0 Å². The SMILES string of the molecule is CC/C=C\C/C=C\C/C=C\C/C=C\C/C=C\CCC[C@H]1OC[C@@H](OP(=O)(O)O)CO1. The summed E-state index contributed by atoms with van der Waals surface area (Å²) < 4.78 is 26.2. The molecule has 0 aromatic rings. The van der Waals surface area contributed by atoms with Crippen molar-refractivity contribution in [1.29, 1.82) is 0 Å². The molecule has 0 spiro atoms. The normalized spacial score (nSPS) is 21.3. The lowest BCUT2D eigenvalue weighted by Gasteiger charge is -2.29. The highest BCUT2D eigenvalue weighted by Gasteiger charge is 2.28. The third-order valence-corrected chi connectivity index (χ3v) is 4.76. The number of hydrogen-bond donors (Lipinski definition) is 2. The van der Waals surface area contributed by atoms with Gasteiger partial charge in [-0.05, 0) is 51.4 Å². The molecule has 1 heterocycles. The van der Waals surface area contributed by atoms with Crippen LogP contribution in [0.3, 0.4) is 0 Å². The van der Waals surface area contributed by atoms with Crippen LogP contribution in [0.5, 0.6) is 0 Å². The Bertz CT molecular complexity index is 609. The fourth-order valence-electron chi connectivity index (χ4n) is 2.72. The highest BCUT2D eigenvalue weighted by Crippen LogP contribution is 2.38. The third-order valence-electron chi connectivity index (χ3n) is 4.19. The average molecular weight is 441 g/mol. The molecule has 1 aliphatic heterocycles. The van der Waals surface area contributed by atoms with Crippen molar-refractivity contribution in [3.8, 4) is 0 Å². The van der Waals surface area contributed by atoms with Crippen LogP contribution in [-0.2, 0) is 18.6 Å². The molecule has 7 heteroatoms. The maximum atomic E-state index is 10.8. The van der Waals surface area contributed by atoms with Crippen LogP contribution in [0.1, 0.15) is 58.3 Å². The van der Waals surface area contributed by atoms with Crippen molar-refractivity contribution in [3.05, 3.63) is 60.8 Å². The van der Waals surface area contributed by atoms with Crippen molar-refractivity contribution in [2.24, 2.45) is 0 Å². The van der Waals surface area contributed by atoms with Gasteiger partial charge in [-0.3, -0.25) is 4.52 Å². The second-order valence-electron chi connectivity index (χ2n) is 6.95. The van der Waals surface area contributed by atoms with Crippen molar-refractivity contribution in [2.75, 3.05) is 13.2 Å². The summed E-state index contributed by atoms with van der Waals surface area (Å²) in [7, 11) is -4.49. The van der Waals surface area contributed by atoms with Gasteiger partial charge in [0.15, 0.2) is 6.29 Å². The first-order chi connectivity index (χ1) is 14.5. The van der Waals surface area contributed by atoms with Crippen molar-refractivity contribution in [1.82, 2.24) is 0 Å². The number of phosphoric acid groups is 1. The van der Waals surface area contributed by atoms with Gasteiger partial charge >= 0.3 is 7.82 Å². The van der Waals surface area contributed by atoms with Crippen LogP contribution >= 0.6 is 7.82 Å². The van der Waals surface area contributed by atoms with Crippen molar-refractivity contribution < 1.29 is 28.3 Å². The van der Waals surface area contributed by atoms with E-state index in [4.69, 9.17) is 19.3 Å². The average Bonchev–Trinajstić information content (AvgIpc) is 2.70. The minimum Gasteiger partial charge on any atom is -0.350 e. The van der Waals surface area contributed by atoms with E-state index in [1.165, 1.54) is 0 Å². The number of hydrogen-bond acceptors (Lipinski definition) is 4. The highest BCUT2D eigenvalue weighted by atomic mass is 31.2. The fourth-order valence-corrected chi connectivity index (χ4v) is 3.23. The summed E-state index contributed by atoms with van der Waals surface area (Å²) in [4.78, 5) is 17.5. The van der Waals surface area contributed by atoms with Crippen LogP contribution in [0.2, 0.25) is 0 Å². The summed E-state index contributed by atoms with van der Waals surface area (Å²) in [5.74, 6) is 0. The Kier molecular flexibility index (Phi) is 15.5. The number of allylic oxidation sites excluding steroid dienone is 10. The molecular formula is C23H37O6P. The van der Waals surface area contributed by atoms with Gasteiger partial charge < -0.3 is 19.3 Å². The van der Waals surface area contributed by atoms with Gasteiger partial charge in [-0.1, -0.05) is 67.7 Å². The predicted molar refractivity (Wildman–Crippen MR) is 121 cm³/mol. The smallest absolute Gasteiger partial charge is 0.350 e. The molecule has 170 valence electrons. The quantitative estimate of drug-likeness (QED) is 0.191. The molecular weight excluding hydrogens is 403 g/mol. The van der Waals surface area contributed by atoms with E-state index in [9.17, 15) is 4.57 Å². The van der Waals surface area contributed by atoms with Crippen LogP contribution < -0.4 is 0 Å². The summed E-state index contributed by atoms with van der Waals surface area (Å²) in [6.07, 6.45) is 28.4. The van der Waals surface area contributed by atoms with Gasteiger partial charge in [0, 0.05) is 0 Å². The summed E-state index contributed by atoms with van der Waals surface area (Å²) >= 11 is 0. The van der Waals surface area contributed by atoms with E-state index in [1.54, 1.807) is 0 Å². The molecule has 0 radical (unpaired) electrons. The van der Waals surface area contributed by atoms with Crippen molar-refractivity contribution in [3.63, 3.8) is 0 Å². The lowest BCUT2D eigenvalue weighted by Crippen LogP contribution is -2.36. The summed E-state index contributed by atoms with van der Waals surface area (Å²) in [5, 5.41) is 0. The van der Waals surface area contributed by atoms with Crippen molar-refractivity contribution in [2.45, 2.75) is 70.7 Å². The Morgan fingerprint density at radius 2 is 1.30 bits per heavy atom. The molecule has 6 nitrogen and oxygen atoms in total. The maximum Gasteiger partial charge on any atom is 0.470 e. The summed E-state index contributed by atoms with van der Waals surface area (Å²) in [6, 6.07) is 0. The minimum atomic E-state index is -4.49. The molecule has 1 fully saturated rings. The van der Waals surface area contributed by atoms with Crippen LogP contribution in [0.4, 0.5) is 0 Å². The lowest BCUT2D eigenvalue weighted by atomic mass is 10.2. The van der Waals surface area contributed by atoms with E-state index < -0.39 is 13.9 Å². The molecule has 0 saturated carbocycles. The van der Waals surface area contributed by atoms with E-state index in [2.05, 4.69) is 72.2 Å². The van der Waals surface area contributed by atoms with Gasteiger partial charge in [-0.25, -0.2) is 4.57 Å². The Morgan fingerprint density at radius 1 is 0.833 bits per heavy atom. The number of phosphoric ester groups is 1. The largest absolute Gasteiger partial charge is 0.470 e. The van der Waals surface area contributed by atoms with Gasteiger partial charge in [-0.15, -0.1) is 0 Å². The van der Waals surface area contributed by atoms with E-state index in [0.717, 1.165) is 51.4 Å². The van der Waals surface area contributed by atoms with Gasteiger partial charge in [-0.2, -0.15) is 0 Å². The van der Waals surface area contributed by atoms with E-state index in [0.29, 0.717) is 0 Å². The van der Waals surface area contributed by atoms with E-state index in [1.807, 2.05) is 0 Å². The number of rotatable bonds is 15. The maximum absolute atomic E-state index is 10.8. The minimum absolute atomic E-state index is 0.136. The fraction of sp³-hybridized carbons (Fsp3) is 0.565. The molecule has 1 aliphatic rings. The Morgan fingerprint density at radius 3 is 1.77 bits per heavy atom. The first-order valence-corrected chi connectivity index (χ1v) is 12.3. The van der Waals surface area contributed by atoms with Crippen LogP contribution in [-0.4, -0.2) is 35.4 Å². The molecule has 1 rings (SSSR count). The summed E-state index contributed by atoms with van der Waals surface area (Å²) in [5.41, 5.74) is 0. The second kappa shape index (κ2) is 17.4. The monoisotopic (exact) mass is 440 g/mol. The number of unbranched alkanes of at least 4 members (excludes halogenated alkanes) is 1. The lowest BCUT2D eigenvalue weighted by molar-refractivity contribution is -0.215. The Labute approximate surface area is 181 Å². The molecule has 0 atom stereocenters. The standard InChI is InChI=1S/C23H37O6P/c1-2-3-4-5-6-7-8-9-10-11-12-13-14-15-16-17-18-19-23-27-20-22(21-28-23)29-30(24,25)26/h3-4,6-7,9-10,12-13,15-16,22-23H,2,5,8,11,14,17-21H2,1H3,(H2,24,25,26)/b4-3-,7-6-,10-9-,13-12-,16-15-/t22-,23+. The van der Waals surface area contributed by atoms with Gasteiger partial charge in [0.2, 0.25) is 0 Å². The molecule has 0 aromatic carbocycles. The first kappa shape index (κ1) is 26.8. The second-order valence-corrected chi connectivity index (χ2v) is 8.15. The zero-order valence-electron chi connectivity index (χ0n) is 18.0. The zero-order valence-corrected chi connectivity index (χ0v) is 18.9. The molecule has 30 heavy (non-hydrogen) atoms. The van der Waals surface area contributed by atoms with Gasteiger partial charge in [0.05, 0.1) is 13.2 Å². The Balaban J connectivity index is 1.96. The van der Waals surface area contributed by atoms with Crippen LogP contribution in [0.15, 0.2) is 60.8 Å². The highest BCUT2D eigenvalue weighted by molar-refractivity contribution is 7.46. The third kappa shape index (κ3) is 16.5. The zero-order chi connectivity index (χ0) is 21.9. The summed E-state index contributed by atoms with van der Waals surface area (Å²) in [6.45, 7) is 2.42. The molecule has 0 unspecified atom stereocenters. The molecule has 1 saturated heterocycles. The van der Waals surface area contributed by atoms with E-state index in [-0.39, 0.29) is 19.5 Å². The molecule has 0 aliphatic carbocycles. The van der Waals surface area contributed by atoms with Crippen molar-refractivity contribution >= 4 is 7.82 Å². The number of ether oxygens (including phenoxy) is 2. The van der Waals surface area contributed by atoms with Gasteiger partial charge in [0.25, 0.3) is 0 Å². The van der Waals surface area contributed by atoms with Gasteiger partial charge in [0.1, 0.15) is 6.10 Å². The van der Waals surface area contributed by atoms with E-state index >= 15 is 0 Å².